The van der Waals surface area contributed by atoms with Gasteiger partial charge in [0.05, 0.1) is 0 Å². The van der Waals surface area contributed by atoms with E-state index in [1.165, 1.54) is 31.2 Å². The molecule has 3 rings (SSSR count). The molecule has 1 aliphatic heterocycles. The quantitative estimate of drug-likeness (QED) is 0.860. The van der Waals surface area contributed by atoms with Crippen molar-refractivity contribution in [2.45, 2.75) is 69.9 Å². The van der Waals surface area contributed by atoms with E-state index in [9.17, 15) is 4.79 Å². The van der Waals surface area contributed by atoms with E-state index in [1.54, 1.807) is 0 Å². The first-order valence-electron chi connectivity index (χ1n) is 9.28. The summed E-state index contributed by atoms with van der Waals surface area (Å²) in [6.45, 7) is 3.22. The van der Waals surface area contributed by atoms with Crippen molar-refractivity contribution >= 4 is 18.3 Å². The van der Waals surface area contributed by atoms with Crippen LogP contribution in [0.25, 0.3) is 0 Å². The molecule has 0 spiro atoms. The van der Waals surface area contributed by atoms with Gasteiger partial charge in [0, 0.05) is 18.5 Å². The highest BCUT2D eigenvalue weighted by atomic mass is 35.5. The first-order chi connectivity index (χ1) is 11.2. The van der Waals surface area contributed by atoms with Gasteiger partial charge in [-0.1, -0.05) is 30.3 Å². The van der Waals surface area contributed by atoms with Gasteiger partial charge in [0.25, 0.3) is 0 Å². The lowest BCUT2D eigenvalue weighted by molar-refractivity contribution is -0.123. The fraction of sp³-hybridized carbons (Fsp3) is 0.650. The predicted octanol–water partition coefficient (Wildman–Crippen LogP) is 4.03. The van der Waals surface area contributed by atoms with Crippen LogP contribution in [0.3, 0.4) is 0 Å². The zero-order chi connectivity index (χ0) is 16.1. The molecule has 134 valence electrons. The van der Waals surface area contributed by atoms with E-state index in [4.69, 9.17) is 0 Å². The number of carbonyl (C=O) groups excluding carboxylic acids is 1. The Balaban J connectivity index is 0.00000208. The van der Waals surface area contributed by atoms with Crippen LogP contribution in [0.5, 0.6) is 0 Å². The minimum atomic E-state index is 0. The molecule has 2 N–H and O–H groups in total. The number of nitrogens with one attached hydrogen (secondary N) is 2. The number of hydrogen-bond donors (Lipinski definition) is 2. The Labute approximate surface area is 152 Å². The van der Waals surface area contributed by atoms with Crippen LogP contribution in [0.2, 0.25) is 0 Å². The number of amides is 1. The van der Waals surface area contributed by atoms with Gasteiger partial charge in [-0.25, -0.2) is 0 Å². The van der Waals surface area contributed by atoms with Crippen molar-refractivity contribution in [2.24, 2.45) is 5.92 Å². The monoisotopic (exact) mass is 350 g/mol. The van der Waals surface area contributed by atoms with E-state index in [1.807, 2.05) is 0 Å². The van der Waals surface area contributed by atoms with Crippen molar-refractivity contribution in [2.75, 3.05) is 6.54 Å². The molecule has 0 aromatic heterocycles. The summed E-state index contributed by atoms with van der Waals surface area (Å²) in [7, 11) is 0. The summed E-state index contributed by atoms with van der Waals surface area (Å²) >= 11 is 0. The Bertz CT molecular complexity index is 500. The van der Waals surface area contributed by atoms with Crippen molar-refractivity contribution < 1.29 is 4.79 Å². The van der Waals surface area contributed by atoms with Gasteiger partial charge in [0.15, 0.2) is 0 Å². The number of carbonyl (C=O) groups is 1. The number of halogens is 1. The smallest absolute Gasteiger partial charge is 0.220 e. The van der Waals surface area contributed by atoms with Gasteiger partial charge >= 0.3 is 0 Å². The number of piperidine rings is 1. The SMILES string of the molecule is CC1CC(NC(=O)CC2CCC(c3ccccc3)CC2)CCN1.Cl. The molecule has 2 unspecified atom stereocenters. The second-order valence-corrected chi connectivity index (χ2v) is 7.48. The van der Waals surface area contributed by atoms with E-state index < -0.39 is 0 Å². The van der Waals surface area contributed by atoms with Gasteiger partial charge in [-0.2, -0.15) is 0 Å². The summed E-state index contributed by atoms with van der Waals surface area (Å²) in [4.78, 5) is 12.3. The highest BCUT2D eigenvalue weighted by molar-refractivity contribution is 5.85. The predicted molar refractivity (Wildman–Crippen MR) is 102 cm³/mol. The minimum absolute atomic E-state index is 0. The van der Waals surface area contributed by atoms with Crippen molar-refractivity contribution in [1.29, 1.82) is 0 Å². The van der Waals surface area contributed by atoms with Crippen molar-refractivity contribution in [3.8, 4) is 0 Å². The Kier molecular flexibility index (Phi) is 7.57. The van der Waals surface area contributed by atoms with Gasteiger partial charge in [-0.3, -0.25) is 4.79 Å². The average Bonchev–Trinajstić information content (AvgIpc) is 2.56. The summed E-state index contributed by atoms with van der Waals surface area (Å²) in [5, 5.41) is 6.70. The maximum atomic E-state index is 12.3. The normalized spacial score (nSPS) is 30.2. The molecule has 1 aromatic carbocycles. The Morgan fingerprint density at radius 1 is 1.12 bits per heavy atom. The number of rotatable bonds is 4. The molecule has 1 amide bonds. The zero-order valence-electron chi connectivity index (χ0n) is 14.7. The Morgan fingerprint density at radius 3 is 2.50 bits per heavy atom. The highest BCUT2D eigenvalue weighted by Crippen LogP contribution is 2.36. The lowest BCUT2D eigenvalue weighted by Gasteiger charge is -2.31. The van der Waals surface area contributed by atoms with Crippen LogP contribution in [0.4, 0.5) is 0 Å². The molecule has 2 fully saturated rings. The Hall–Kier alpha value is -1.06. The molecule has 0 radical (unpaired) electrons. The fourth-order valence-corrected chi connectivity index (χ4v) is 4.24. The largest absolute Gasteiger partial charge is 0.353 e. The summed E-state index contributed by atoms with van der Waals surface area (Å²) in [6, 6.07) is 11.7. The van der Waals surface area contributed by atoms with E-state index >= 15 is 0 Å². The third kappa shape index (κ3) is 5.49. The molecule has 1 saturated heterocycles. The van der Waals surface area contributed by atoms with Crippen molar-refractivity contribution in [3.05, 3.63) is 35.9 Å². The molecule has 4 heteroatoms. The third-order valence-corrected chi connectivity index (χ3v) is 5.58. The summed E-state index contributed by atoms with van der Waals surface area (Å²) in [5.74, 6) is 1.54. The van der Waals surface area contributed by atoms with Crippen LogP contribution >= 0.6 is 12.4 Å². The molecule has 1 saturated carbocycles. The third-order valence-electron chi connectivity index (χ3n) is 5.58. The summed E-state index contributed by atoms with van der Waals surface area (Å²) in [6.07, 6.45) is 7.69. The summed E-state index contributed by atoms with van der Waals surface area (Å²) < 4.78 is 0. The first-order valence-corrected chi connectivity index (χ1v) is 9.28. The van der Waals surface area contributed by atoms with Crippen LogP contribution in [0.1, 0.15) is 63.4 Å². The molecule has 1 aromatic rings. The lowest BCUT2D eigenvalue weighted by Crippen LogP contribution is -2.46. The second-order valence-electron chi connectivity index (χ2n) is 7.48. The molecule has 3 nitrogen and oxygen atoms in total. The molecule has 0 bridgehead atoms. The van der Waals surface area contributed by atoms with Gasteiger partial charge in [0.1, 0.15) is 0 Å². The Morgan fingerprint density at radius 2 is 1.83 bits per heavy atom. The van der Waals surface area contributed by atoms with Crippen LogP contribution < -0.4 is 10.6 Å². The van der Waals surface area contributed by atoms with Crippen molar-refractivity contribution in [3.63, 3.8) is 0 Å². The van der Waals surface area contributed by atoms with Crippen LogP contribution in [-0.2, 0) is 4.79 Å². The fourth-order valence-electron chi connectivity index (χ4n) is 4.24. The van der Waals surface area contributed by atoms with Gasteiger partial charge in [-0.05, 0) is 69.4 Å². The second kappa shape index (κ2) is 9.43. The van der Waals surface area contributed by atoms with E-state index in [0.29, 0.717) is 23.9 Å². The van der Waals surface area contributed by atoms with Crippen LogP contribution in [0.15, 0.2) is 30.3 Å². The average molecular weight is 351 g/mol. The molecule has 2 aliphatic rings. The summed E-state index contributed by atoms with van der Waals surface area (Å²) in [5.41, 5.74) is 1.47. The van der Waals surface area contributed by atoms with E-state index in [-0.39, 0.29) is 18.3 Å². The van der Waals surface area contributed by atoms with Crippen molar-refractivity contribution in [1.82, 2.24) is 10.6 Å². The standard InChI is InChI=1S/C20H30N2O.ClH/c1-15-13-19(11-12-21-15)22-20(23)14-16-7-9-18(10-8-16)17-5-3-2-4-6-17;/h2-6,15-16,18-19,21H,7-14H2,1H3,(H,22,23);1H. The van der Waals surface area contributed by atoms with Gasteiger partial charge in [0.2, 0.25) is 5.91 Å². The first kappa shape index (κ1) is 19.3. The molecular weight excluding hydrogens is 320 g/mol. The minimum Gasteiger partial charge on any atom is -0.353 e. The van der Waals surface area contributed by atoms with Gasteiger partial charge < -0.3 is 10.6 Å². The highest BCUT2D eigenvalue weighted by Gasteiger charge is 2.25. The van der Waals surface area contributed by atoms with Crippen LogP contribution in [-0.4, -0.2) is 24.5 Å². The maximum Gasteiger partial charge on any atom is 0.220 e. The molecule has 1 heterocycles. The topological polar surface area (TPSA) is 41.1 Å². The van der Waals surface area contributed by atoms with E-state index in [0.717, 1.165) is 25.8 Å². The van der Waals surface area contributed by atoms with Gasteiger partial charge in [-0.15, -0.1) is 12.4 Å². The molecule has 1 aliphatic carbocycles. The maximum absolute atomic E-state index is 12.3. The molecule has 2 atom stereocenters. The number of benzene rings is 1. The molecule has 24 heavy (non-hydrogen) atoms. The lowest BCUT2D eigenvalue weighted by atomic mass is 9.77. The molecular formula is C20H31ClN2O. The van der Waals surface area contributed by atoms with E-state index in [2.05, 4.69) is 47.9 Å². The number of hydrogen-bond acceptors (Lipinski definition) is 2. The zero-order valence-corrected chi connectivity index (χ0v) is 15.5. The van der Waals surface area contributed by atoms with Crippen LogP contribution in [0, 0.1) is 5.92 Å².